The number of nitrogens with one attached hydrogen (secondary N) is 1. The van der Waals surface area contributed by atoms with E-state index in [0.717, 1.165) is 24.2 Å². The molecule has 25 heavy (non-hydrogen) atoms. The molecule has 0 aromatic heterocycles. The SMILES string of the molecule is C[C@@H](CS(=O)(=O)c1ccc2c(c1)NC(=O)CS2)C(=O)N1CCCCC1. The second kappa shape index (κ2) is 7.37. The molecule has 136 valence electrons. The molecular formula is C17H22N2O4S2. The predicted molar refractivity (Wildman–Crippen MR) is 97.4 cm³/mol. The second-order valence-corrected chi connectivity index (χ2v) is 9.61. The van der Waals surface area contributed by atoms with Crippen molar-refractivity contribution in [2.24, 2.45) is 5.92 Å². The summed E-state index contributed by atoms with van der Waals surface area (Å²) in [5.74, 6) is -0.697. The van der Waals surface area contributed by atoms with Crippen LogP contribution in [0, 0.1) is 5.92 Å². The van der Waals surface area contributed by atoms with E-state index in [4.69, 9.17) is 0 Å². The summed E-state index contributed by atoms with van der Waals surface area (Å²) in [5.41, 5.74) is 0.525. The number of nitrogens with zero attached hydrogens (tertiary/aromatic N) is 1. The molecule has 0 spiro atoms. The summed E-state index contributed by atoms with van der Waals surface area (Å²) < 4.78 is 25.4. The van der Waals surface area contributed by atoms with Crippen LogP contribution in [-0.2, 0) is 19.4 Å². The molecule has 0 radical (unpaired) electrons. The number of hydrogen-bond acceptors (Lipinski definition) is 5. The number of piperidine rings is 1. The van der Waals surface area contributed by atoms with Gasteiger partial charge in [0.1, 0.15) is 0 Å². The molecular weight excluding hydrogens is 360 g/mol. The van der Waals surface area contributed by atoms with Crippen LogP contribution in [-0.4, -0.2) is 49.7 Å². The van der Waals surface area contributed by atoms with Gasteiger partial charge in [-0.25, -0.2) is 8.42 Å². The van der Waals surface area contributed by atoms with Gasteiger partial charge in [-0.1, -0.05) is 6.92 Å². The van der Waals surface area contributed by atoms with Gasteiger partial charge in [0.05, 0.1) is 22.1 Å². The van der Waals surface area contributed by atoms with Gasteiger partial charge in [0.25, 0.3) is 0 Å². The Hall–Kier alpha value is -1.54. The molecule has 2 aliphatic rings. The van der Waals surface area contributed by atoms with Crippen LogP contribution in [0.2, 0.25) is 0 Å². The summed E-state index contributed by atoms with van der Waals surface area (Å²) in [5, 5.41) is 2.70. The summed E-state index contributed by atoms with van der Waals surface area (Å²) in [6.07, 6.45) is 3.08. The van der Waals surface area contributed by atoms with Crippen LogP contribution in [0.15, 0.2) is 28.0 Å². The van der Waals surface area contributed by atoms with E-state index in [-0.39, 0.29) is 22.5 Å². The fourth-order valence-corrected chi connectivity index (χ4v) is 5.53. The van der Waals surface area contributed by atoms with Crippen LogP contribution in [0.5, 0.6) is 0 Å². The maximum absolute atomic E-state index is 12.7. The molecule has 8 heteroatoms. The number of hydrogen-bond donors (Lipinski definition) is 1. The molecule has 2 heterocycles. The number of anilines is 1. The number of benzene rings is 1. The lowest BCUT2D eigenvalue weighted by Crippen LogP contribution is -2.40. The number of likely N-dealkylation sites (tertiary alicyclic amines) is 1. The third-order valence-corrected chi connectivity index (χ3v) is 7.49. The van der Waals surface area contributed by atoms with Crippen molar-refractivity contribution >= 4 is 39.1 Å². The fraction of sp³-hybridized carbons (Fsp3) is 0.529. The fourth-order valence-electron chi connectivity index (χ4n) is 3.18. The van der Waals surface area contributed by atoms with Gasteiger partial charge in [0.2, 0.25) is 11.8 Å². The Morgan fingerprint density at radius 1 is 1.28 bits per heavy atom. The minimum absolute atomic E-state index is 0.0925. The first-order valence-corrected chi connectivity index (χ1v) is 11.1. The Labute approximate surface area is 152 Å². The van der Waals surface area contributed by atoms with Gasteiger partial charge in [-0.05, 0) is 37.5 Å². The van der Waals surface area contributed by atoms with E-state index < -0.39 is 15.8 Å². The molecule has 3 rings (SSSR count). The average molecular weight is 383 g/mol. The van der Waals surface area contributed by atoms with Gasteiger partial charge >= 0.3 is 0 Å². The van der Waals surface area contributed by atoms with Crippen molar-refractivity contribution in [3.8, 4) is 0 Å². The van der Waals surface area contributed by atoms with Crippen molar-refractivity contribution in [3.05, 3.63) is 18.2 Å². The Morgan fingerprint density at radius 3 is 2.72 bits per heavy atom. The molecule has 1 saturated heterocycles. The monoisotopic (exact) mass is 382 g/mol. The molecule has 2 aliphatic heterocycles. The highest BCUT2D eigenvalue weighted by Crippen LogP contribution is 2.33. The maximum Gasteiger partial charge on any atom is 0.234 e. The van der Waals surface area contributed by atoms with E-state index in [1.165, 1.54) is 17.8 Å². The van der Waals surface area contributed by atoms with Crippen LogP contribution in [0.4, 0.5) is 5.69 Å². The summed E-state index contributed by atoms with van der Waals surface area (Å²) in [6.45, 7) is 3.10. The van der Waals surface area contributed by atoms with Crippen molar-refractivity contribution in [3.63, 3.8) is 0 Å². The minimum Gasteiger partial charge on any atom is -0.342 e. The first-order valence-electron chi connectivity index (χ1n) is 8.45. The second-order valence-electron chi connectivity index (χ2n) is 6.56. The average Bonchev–Trinajstić information content (AvgIpc) is 2.60. The van der Waals surface area contributed by atoms with Gasteiger partial charge in [-0.3, -0.25) is 9.59 Å². The Kier molecular flexibility index (Phi) is 5.38. The maximum atomic E-state index is 12.7. The standard InChI is InChI=1S/C17H22N2O4S2/c1-12(17(21)19-7-3-2-4-8-19)11-25(22,23)13-5-6-15-14(9-13)18-16(20)10-24-15/h5-6,9,12H,2-4,7-8,10-11H2,1H3,(H,18,20)/t12-/m0/s1. The van der Waals surface area contributed by atoms with Crippen molar-refractivity contribution in [2.75, 3.05) is 29.9 Å². The first kappa shape index (κ1) is 18.3. The van der Waals surface area contributed by atoms with Gasteiger partial charge in [-0.2, -0.15) is 0 Å². The van der Waals surface area contributed by atoms with E-state index in [1.807, 2.05) is 0 Å². The van der Waals surface area contributed by atoms with Gasteiger partial charge in [-0.15, -0.1) is 11.8 Å². The van der Waals surface area contributed by atoms with Crippen LogP contribution < -0.4 is 5.32 Å². The van der Waals surface area contributed by atoms with Crippen LogP contribution in [0.1, 0.15) is 26.2 Å². The molecule has 0 unspecified atom stereocenters. The van der Waals surface area contributed by atoms with Crippen molar-refractivity contribution in [1.82, 2.24) is 4.90 Å². The normalized spacial score (nSPS) is 19.1. The van der Waals surface area contributed by atoms with E-state index in [0.29, 0.717) is 24.5 Å². The molecule has 0 bridgehead atoms. The number of sulfone groups is 1. The summed E-state index contributed by atoms with van der Waals surface area (Å²) >= 11 is 1.39. The van der Waals surface area contributed by atoms with Gasteiger partial charge in [0.15, 0.2) is 9.84 Å². The Bertz CT molecular complexity index is 786. The van der Waals surface area contributed by atoms with Gasteiger partial charge < -0.3 is 10.2 Å². The summed E-state index contributed by atoms with van der Waals surface area (Å²) in [4.78, 5) is 26.8. The highest BCUT2D eigenvalue weighted by Gasteiger charge is 2.28. The van der Waals surface area contributed by atoms with E-state index in [1.54, 1.807) is 24.0 Å². The predicted octanol–water partition coefficient (Wildman–Crippen LogP) is 2.15. The number of fused-ring (bicyclic) bond motifs is 1. The highest BCUT2D eigenvalue weighted by atomic mass is 32.2. The van der Waals surface area contributed by atoms with Crippen LogP contribution >= 0.6 is 11.8 Å². The van der Waals surface area contributed by atoms with Crippen LogP contribution in [0.3, 0.4) is 0 Å². The van der Waals surface area contributed by atoms with Crippen LogP contribution in [0.25, 0.3) is 0 Å². The molecule has 1 fully saturated rings. The number of amides is 2. The van der Waals surface area contributed by atoms with E-state index in [2.05, 4.69) is 5.32 Å². The lowest BCUT2D eigenvalue weighted by Gasteiger charge is -2.29. The molecule has 1 N–H and O–H groups in total. The molecule has 0 aliphatic carbocycles. The quantitative estimate of drug-likeness (QED) is 0.863. The smallest absolute Gasteiger partial charge is 0.234 e. The van der Waals surface area contributed by atoms with E-state index >= 15 is 0 Å². The summed E-state index contributed by atoms with van der Waals surface area (Å²) in [6, 6.07) is 4.76. The third-order valence-electron chi connectivity index (χ3n) is 4.50. The largest absolute Gasteiger partial charge is 0.342 e. The first-order chi connectivity index (χ1) is 11.9. The molecule has 1 atom stereocenters. The lowest BCUT2D eigenvalue weighted by molar-refractivity contribution is -0.135. The van der Waals surface area contributed by atoms with Crippen molar-refractivity contribution in [1.29, 1.82) is 0 Å². The van der Waals surface area contributed by atoms with Gasteiger partial charge in [0, 0.05) is 23.9 Å². The van der Waals surface area contributed by atoms with Crippen molar-refractivity contribution in [2.45, 2.75) is 36.0 Å². The topological polar surface area (TPSA) is 83.5 Å². The zero-order valence-corrected chi connectivity index (χ0v) is 15.8. The molecule has 0 saturated carbocycles. The zero-order valence-electron chi connectivity index (χ0n) is 14.2. The lowest BCUT2D eigenvalue weighted by atomic mass is 10.1. The van der Waals surface area contributed by atoms with E-state index in [9.17, 15) is 18.0 Å². The Balaban J connectivity index is 1.74. The minimum atomic E-state index is -3.60. The van der Waals surface area contributed by atoms with Crippen molar-refractivity contribution < 1.29 is 18.0 Å². The number of carbonyl (C=O) groups excluding carboxylic acids is 2. The highest BCUT2D eigenvalue weighted by molar-refractivity contribution is 8.00. The number of rotatable bonds is 4. The molecule has 2 amide bonds. The number of thioether (sulfide) groups is 1. The number of carbonyl (C=O) groups is 2. The molecule has 1 aromatic carbocycles. The summed E-state index contributed by atoms with van der Waals surface area (Å²) in [7, 11) is -3.60. The molecule has 1 aromatic rings. The zero-order chi connectivity index (χ0) is 18.0. The Morgan fingerprint density at radius 2 is 2.00 bits per heavy atom. The third kappa shape index (κ3) is 4.17. The molecule has 6 nitrogen and oxygen atoms in total.